The molecule has 0 saturated carbocycles. The van der Waals surface area contributed by atoms with Gasteiger partial charge in [0.15, 0.2) is 5.13 Å². The molecular weight excluding hydrogens is 434 g/mol. The van der Waals surface area contributed by atoms with Crippen LogP contribution in [0.25, 0.3) is 11.3 Å². The molecule has 0 fully saturated rings. The van der Waals surface area contributed by atoms with E-state index in [1.807, 2.05) is 0 Å². The number of nitrogens with two attached hydrogens (primary N) is 1. The van der Waals surface area contributed by atoms with Gasteiger partial charge in [-0.2, -0.15) is 13.2 Å². The normalized spacial score (nSPS) is 12.0. The van der Waals surface area contributed by atoms with E-state index in [2.05, 4.69) is 4.98 Å². The molecule has 0 aliphatic rings. The average molecular weight is 453 g/mol. The van der Waals surface area contributed by atoms with Crippen molar-refractivity contribution in [1.82, 2.24) is 4.98 Å². The van der Waals surface area contributed by atoms with Crippen LogP contribution in [0, 0.1) is 5.82 Å². The molecule has 2 aromatic carbocycles. The van der Waals surface area contributed by atoms with E-state index >= 15 is 0 Å². The number of ether oxygens (including phenoxy) is 1. The number of alkyl halides is 3. The molecule has 164 valence electrons. The van der Waals surface area contributed by atoms with Gasteiger partial charge in [0, 0.05) is 10.9 Å². The van der Waals surface area contributed by atoms with E-state index in [0.29, 0.717) is 11.3 Å². The molecule has 2 N–H and O–H groups in total. The van der Waals surface area contributed by atoms with Crippen LogP contribution in [0.2, 0.25) is 0 Å². The number of anilines is 3. The van der Waals surface area contributed by atoms with Crippen LogP contribution in [0.1, 0.15) is 26.3 Å². The number of carbonyl (C=O) groups is 1. The third-order valence-electron chi connectivity index (χ3n) is 3.98. The van der Waals surface area contributed by atoms with Crippen molar-refractivity contribution in [2.24, 2.45) is 0 Å². The zero-order valence-corrected chi connectivity index (χ0v) is 17.6. The van der Waals surface area contributed by atoms with Gasteiger partial charge in [0.1, 0.15) is 11.4 Å². The molecule has 0 aliphatic carbocycles. The van der Waals surface area contributed by atoms with Crippen LogP contribution in [0.4, 0.5) is 38.9 Å². The van der Waals surface area contributed by atoms with E-state index in [9.17, 15) is 22.4 Å². The number of aromatic nitrogens is 1. The van der Waals surface area contributed by atoms with Gasteiger partial charge in [0.05, 0.1) is 22.6 Å². The number of amides is 1. The van der Waals surface area contributed by atoms with Crippen LogP contribution in [-0.2, 0) is 10.9 Å². The molecule has 0 aliphatic heterocycles. The molecule has 31 heavy (non-hydrogen) atoms. The first-order chi connectivity index (χ1) is 14.3. The maximum atomic E-state index is 13.5. The second-order valence-corrected chi connectivity index (χ2v) is 8.45. The van der Waals surface area contributed by atoms with Gasteiger partial charge < -0.3 is 10.5 Å². The highest BCUT2D eigenvalue weighted by Gasteiger charge is 2.33. The zero-order valence-electron chi connectivity index (χ0n) is 16.8. The highest BCUT2D eigenvalue weighted by Crippen LogP contribution is 2.37. The molecule has 0 radical (unpaired) electrons. The lowest BCUT2D eigenvalue weighted by Gasteiger charge is -2.26. The maximum Gasteiger partial charge on any atom is 0.421 e. The van der Waals surface area contributed by atoms with Crippen LogP contribution >= 0.6 is 11.3 Å². The van der Waals surface area contributed by atoms with Crippen LogP contribution in [0.3, 0.4) is 0 Å². The lowest BCUT2D eigenvalue weighted by atomic mass is 10.1. The van der Waals surface area contributed by atoms with Crippen molar-refractivity contribution >= 4 is 33.9 Å². The first kappa shape index (κ1) is 22.5. The predicted octanol–water partition coefficient (Wildman–Crippen LogP) is 6.62. The second-order valence-electron chi connectivity index (χ2n) is 7.62. The summed E-state index contributed by atoms with van der Waals surface area (Å²) in [5.74, 6) is -0.585. The fourth-order valence-electron chi connectivity index (χ4n) is 2.63. The van der Waals surface area contributed by atoms with Gasteiger partial charge in [-0.1, -0.05) is 6.07 Å². The molecule has 1 amide bonds. The van der Waals surface area contributed by atoms with E-state index in [0.717, 1.165) is 28.4 Å². The standard InChI is InChI=1S/C21H19F4N3O2S/c1-20(2,3)30-19(29)28(14-6-4-5-13(10-14)21(23,24)25)18-27-17(11-31-18)12-7-8-15(22)16(26)9-12/h4-11H,26H2,1-3H3. The lowest BCUT2D eigenvalue weighted by Crippen LogP contribution is -2.34. The van der Waals surface area contributed by atoms with Crippen molar-refractivity contribution in [2.75, 3.05) is 10.6 Å². The average Bonchev–Trinajstić information content (AvgIpc) is 3.12. The number of nitrogen functional groups attached to an aromatic ring is 1. The Bertz CT molecular complexity index is 1110. The first-order valence-electron chi connectivity index (χ1n) is 9.06. The Hall–Kier alpha value is -3.14. The molecule has 10 heteroatoms. The van der Waals surface area contributed by atoms with Gasteiger partial charge in [0.25, 0.3) is 0 Å². The molecular formula is C21H19F4N3O2S. The highest BCUT2D eigenvalue weighted by molar-refractivity contribution is 7.14. The number of hydrogen-bond acceptors (Lipinski definition) is 5. The minimum atomic E-state index is -4.59. The SMILES string of the molecule is CC(C)(C)OC(=O)N(c1cccc(C(F)(F)F)c1)c1nc(-c2ccc(F)c(N)c2)cs1. The largest absolute Gasteiger partial charge is 0.443 e. The van der Waals surface area contributed by atoms with Crippen molar-refractivity contribution in [1.29, 1.82) is 0 Å². The monoisotopic (exact) mass is 453 g/mol. The number of carbonyl (C=O) groups excluding carboxylic acids is 1. The van der Waals surface area contributed by atoms with E-state index in [1.54, 1.807) is 26.2 Å². The summed E-state index contributed by atoms with van der Waals surface area (Å²) in [7, 11) is 0. The Morgan fingerprint density at radius 2 is 1.84 bits per heavy atom. The van der Waals surface area contributed by atoms with Gasteiger partial charge in [-0.25, -0.2) is 19.1 Å². The second kappa shape index (κ2) is 8.18. The molecule has 3 rings (SSSR count). The van der Waals surface area contributed by atoms with Crippen LogP contribution < -0.4 is 10.6 Å². The zero-order chi connectivity index (χ0) is 23.0. The topological polar surface area (TPSA) is 68.5 Å². The predicted molar refractivity (Wildman–Crippen MR) is 112 cm³/mol. The van der Waals surface area contributed by atoms with E-state index in [1.165, 1.54) is 30.3 Å². The molecule has 0 bridgehead atoms. The summed E-state index contributed by atoms with van der Waals surface area (Å²) in [4.78, 5) is 18.2. The fourth-order valence-corrected chi connectivity index (χ4v) is 3.47. The number of hydrogen-bond donors (Lipinski definition) is 1. The van der Waals surface area contributed by atoms with Crippen molar-refractivity contribution in [3.8, 4) is 11.3 Å². The Morgan fingerprint density at radius 3 is 2.45 bits per heavy atom. The molecule has 0 atom stereocenters. The number of nitrogens with zero attached hydrogens (tertiary/aromatic N) is 2. The molecule has 1 aromatic heterocycles. The van der Waals surface area contributed by atoms with Crippen LogP contribution in [-0.4, -0.2) is 16.7 Å². The van der Waals surface area contributed by atoms with Gasteiger partial charge >= 0.3 is 12.3 Å². The summed E-state index contributed by atoms with van der Waals surface area (Å²) in [6, 6.07) is 8.35. The third-order valence-corrected chi connectivity index (χ3v) is 4.81. The molecule has 3 aromatic rings. The van der Waals surface area contributed by atoms with Gasteiger partial charge in [-0.05, 0) is 57.2 Å². The summed E-state index contributed by atoms with van der Waals surface area (Å²) in [5, 5.41) is 1.68. The van der Waals surface area contributed by atoms with Crippen molar-refractivity contribution in [3.63, 3.8) is 0 Å². The smallest absolute Gasteiger partial charge is 0.421 e. The highest BCUT2D eigenvalue weighted by atomic mass is 32.1. The van der Waals surface area contributed by atoms with E-state index in [4.69, 9.17) is 10.5 Å². The minimum Gasteiger partial charge on any atom is -0.443 e. The van der Waals surface area contributed by atoms with Crippen molar-refractivity contribution in [2.45, 2.75) is 32.5 Å². The number of rotatable bonds is 3. The number of halogens is 4. The van der Waals surface area contributed by atoms with Gasteiger partial charge in [0.2, 0.25) is 0 Å². The Morgan fingerprint density at radius 1 is 1.13 bits per heavy atom. The molecule has 5 nitrogen and oxygen atoms in total. The van der Waals surface area contributed by atoms with Crippen molar-refractivity contribution < 1.29 is 27.1 Å². The number of thiazole rings is 1. The summed E-state index contributed by atoms with van der Waals surface area (Å²) >= 11 is 1.02. The van der Waals surface area contributed by atoms with Gasteiger partial charge in [-0.15, -0.1) is 11.3 Å². The molecule has 0 saturated heterocycles. The maximum absolute atomic E-state index is 13.5. The molecule has 0 unspecified atom stereocenters. The minimum absolute atomic E-state index is 0.0522. The van der Waals surface area contributed by atoms with Gasteiger partial charge in [-0.3, -0.25) is 0 Å². The van der Waals surface area contributed by atoms with Crippen LogP contribution in [0.5, 0.6) is 0 Å². The summed E-state index contributed by atoms with van der Waals surface area (Å²) in [5.41, 5.74) is 4.55. The molecule has 1 heterocycles. The third kappa shape index (κ3) is 5.32. The van der Waals surface area contributed by atoms with Crippen molar-refractivity contribution in [3.05, 3.63) is 59.2 Å². The first-order valence-corrected chi connectivity index (χ1v) is 9.94. The number of benzene rings is 2. The Kier molecular flexibility index (Phi) is 5.95. The quantitative estimate of drug-likeness (QED) is 0.357. The Balaban J connectivity index is 2.06. The lowest BCUT2D eigenvalue weighted by molar-refractivity contribution is -0.137. The molecule has 0 spiro atoms. The Labute approximate surface area is 180 Å². The summed E-state index contributed by atoms with van der Waals surface area (Å²) in [6.45, 7) is 4.93. The summed E-state index contributed by atoms with van der Waals surface area (Å²) < 4.78 is 58.5. The van der Waals surface area contributed by atoms with E-state index in [-0.39, 0.29) is 16.5 Å². The van der Waals surface area contributed by atoms with Crippen LogP contribution in [0.15, 0.2) is 47.8 Å². The van der Waals surface area contributed by atoms with E-state index < -0.39 is 29.3 Å². The summed E-state index contributed by atoms with van der Waals surface area (Å²) in [6.07, 6.45) is -5.47. The fraction of sp³-hybridized carbons (Fsp3) is 0.238.